The predicted molar refractivity (Wildman–Crippen MR) is 206 cm³/mol. The number of hydrogen-bond acceptors (Lipinski definition) is 10. The molecule has 0 aliphatic heterocycles. The van der Waals surface area contributed by atoms with E-state index in [0.29, 0.717) is 32.1 Å². The molecule has 0 radical (unpaired) electrons. The number of carbonyl (C=O) groups excluding carboxylic acids is 2. The Kier molecular flexibility index (Phi) is 33.2. The number of aliphatic hydroxyl groups excluding tert-OH is 3. The number of phosphoric ester groups is 1. The Morgan fingerprint density at radius 3 is 2.04 bits per heavy atom. The Hall–Kier alpha value is -2.11. The van der Waals surface area contributed by atoms with E-state index in [4.69, 9.17) is 19.1 Å². The van der Waals surface area contributed by atoms with Gasteiger partial charge in [-0.15, -0.1) is 0 Å². The third-order valence-electron chi connectivity index (χ3n) is 7.99. The van der Waals surface area contributed by atoms with Gasteiger partial charge in [-0.1, -0.05) is 134 Å². The zero-order valence-corrected chi connectivity index (χ0v) is 33.2. The van der Waals surface area contributed by atoms with Gasteiger partial charge in [0.1, 0.15) is 12.7 Å². The lowest BCUT2D eigenvalue weighted by atomic mass is 10.0. The highest BCUT2D eigenvalue weighted by Gasteiger charge is 2.27. The monoisotopic (exact) mass is 758 g/mol. The molecule has 0 aliphatic rings. The minimum atomic E-state index is -4.64. The summed E-state index contributed by atoms with van der Waals surface area (Å²) in [4.78, 5) is 34.8. The third-order valence-corrected chi connectivity index (χ3v) is 8.95. The van der Waals surface area contributed by atoms with E-state index in [1.54, 1.807) is 6.08 Å². The fourth-order valence-electron chi connectivity index (χ4n) is 4.90. The molecular weight excluding hydrogens is 687 g/mol. The summed E-state index contributed by atoms with van der Waals surface area (Å²) >= 11 is 0. The normalized spacial score (nSPS) is 15.2. The highest BCUT2D eigenvalue weighted by molar-refractivity contribution is 7.47. The zero-order chi connectivity index (χ0) is 38.7. The predicted octanol–water partition coefficient (Wildman–Crippen LogP) is 8.60. The van der Waals surface area contributed by atoms with Crippen LogP contribution in [0.25, 0.3) is 0 Å². The molecule has 12 heteroatoms. The highest BCUT2D eigenvalue weighted by Crippen LogP contribution is 2.43. The first-order chi connectivity index (χ1) is 25.0. The van der Waals surface area contributed by atoms with Crippen molar-refractivity contribution in [2.75, 3.05) is 26.4 Å². The standard InChI is InChI=1S/C40H71O11P/c1-4-5-6-7-17-22-27-36(42)28-23-18-13-9-11-14-19-24-29-39(44)48-33-38(34-50-52(46,47)49-32-37(43)31-41)51-40(45)30-25-20-15-10-8-12-16-21-26-35(2)3/h11,13-14,17-18,22-23,28,35-38,41-43H,4-10,12,15-16,19-21,24-27,29-34H2,1-3H3,(H,46,47)/b14-11-,18-13-,22-17-,28-23+/t36-,37+,38-/m1/s1. The van der Waals surface area contributed by atoms with Crippen LogP contribution in [0.15, 0.2) is 48.6 Å². The summed E-state index contributed by atoms with van der Waals surface area (Å²) in [6.07, 6.45) is 29.9. The maximum Gasteiger partial charge on any atom is 0.472 e. The van der Waals surface area contributed by atoms with Gasteiger partial charge in [-0.2, -0.15) is 0 Å². The van der Waals surface area contributed by atoms with Crippen molar-refractivity contribution in [3.05, 3.63) is 48.6 Å². The zero-order valence-electron chi connectivity index (χ0n) is 32.3. The molecule has 1 unspecified atom stereocenters. The molecule has 52 heavy (non-hydrogen) atoms. The second-order valence-corrected chi connectivity index (χ2v) is 15.1. The summed E-state index contributed by atoms with van der Waals surface area (Å²) in [6.45, 7) is 4.43. The number of esters is 2. The fraction of sp³-hybridized carbons (Fsp3) is 0.750. The molecule has 0 saturated carbocycles. The van der Waals surface area contributed by atoms with Crippen molar-refractivity contribution in [3.63, 3.8) is 0 Å². The first kappa shape index (κ1) is 49.9. The molecule has 0 saturated heterocycles. The first-order valence-electron chi connectivity index (χ1n) is 19.6. The lowest BCUT2D eigenvalue weighted by Crippen LogP contribution is -2.29. The molecule has 0 aromatic carbocycles. The molecular formula is C40H71O11P. The first-order valence-corrected chi connectivity index (χ1v) is 21.1. The smallest absolute Gasteiger partial charge is 0.462 e. The van der Waals surface area contributed by atoms with Gasteiger partial charge in [0.25, 0.3) is 0 Å². The number of carbonyl (C=O) groups is 2. The van der Waals surface area contributed by atoms with Crippen LogP contribution in [0.4, 0.5) is 0 Å². The van der Waals surface area contributed by atoms with Gasteiger partial charge in [-0.05, 0) is 50.9 Å². The van der Waals surface area contributed by atoms with Crippen LogP contribution in [0.3, 0.4) is 0 Å². The van der Waals surface area contributed by atoms with Crippen molar-refractivity contribution in [1.82, 2.24) is 0 Å². The van der Waals surface area contributed by atoms with Crippen molar-refractivity contribution in [1.29, 1.82) is 0 Å². The van der Waals surface area contributed by atoms with E-state index in [-0.39, 0.29) is 19.4 Å². The Morgan fingerprint density at radius 1 is 0.712 bits per heavy atom. The van der Waals surface area contributed by atoms with Crippen molar-refractivity contribution >= 4 is 19.8 Å². The quantitative estimate of drug-likeness (QED) is 0.0161. The number of rotatable bonds is 35. The number of phosphoric acid groups is 1. The van der Waals surface area contributed by atoms with Gasteiger partial charge in [-0.3, -0.25) is 18.6 Å². The molecule has 0 fully saturated rings. The molecule has 11 nitrogen and oxygen atoms in total. The second-order valence-electron chi connectivity index (χ2n) is 13.6. The van der Waals surface area contributed by atoms with E-state index in [1.807, 2.05) is 36.5 Å². The Morgan fingerprint density at radius 2 is 1.35 bits per heavy atom. The number of aliphatic hydroxyl groups is 3. The van der Waals surface area contributed by atoms with E-state index in [1.165, 1.54) is 51.4 Å². The molecule has 0 heterocycles. The van der Waals surface area contributed by atoms with Gasteiger partial charge in [0.15, 0.2) is 6.10 Å². The van der Waals surface area contributed by atoms with Crippen LogP contribution in [0, 0.1) is 5.92 Å². The van der Waals surface area contributed by atoms with E-state index in [0.717, 1.165) is 31.6 Å². The molecule has 0 aromatic rings. The number of unbranched alkanes of at least 4 members (excludes halogenated alkanes) is 11. The lowest BCUT2D eigenvalue weighted by Gasteiger charge is -2.20. The van der Waals surface area contributed by atoms with Gasteiger partial charge in [0, 0.05) is 12.8 Å². The Labute approximate surface area is 314 Å². The van der Waals surface area contributed by atoms with Gasteiger partial charge in [0.2, 0.25) is 0 Å². The van der Waals surface area contributed by atoms with Gasteiger partial charge in [-0.25, -0.2) is 4.57 Å². The molecule has 0 aromatic heterocycles. The maximum atomic E-state index is 12.5. The number of allylic oxidation sites excluding steroid dienone is 6. The van der Waals surface area contributed by atoms with Crippen molar-refractivity contribution in [2.45, 2.75) is 161 Å². The van der Waals surface area contributed by atoms with Crippen LogP contribution >= 0.6 is 7.82 Å². The van der Waals surface area contributed by atoms with Crippen molar-refractivity contribution in [2.24, 2.45) is 5.92 Å². The van der Waals surface area contributed by atoms with Gasteiger partial charge >= 0.3 is 19.8 Å². The summed E-state index contributed by atoms with van der Waals surface area (Å²) in [5.41, 5.74) is 0. The van der Waals surface area contributed by atoms with Crippen LogP contribution < -0.4 is 0 Å². The largest absolute Gasteiger partial charge is 0.472 e. The summed E-state index contributed by atoms with van der Waals surface area (Å²) in [5.74, 6) is -0.289. The molecule has 4 N–H and O–H groups in total. The van der Waals surface area contributed by atoms with E-state index in [9.17, 15) is 29.3 Å². The molecule has 4 atom stereocenters. The summed E-state index contributed by atoms with van der Waals surface area (Å²) in [5, 5.41) is 28.3. The topological polar surface area (TPSA) is 169 Å². The number of hydrogen-bond donors (Lipinski definition) is 4. The molecule has 0 spiro atoms. The SMILES string of the molecule is CCCCC/C=C\C[C@@H](O)/C=C/C=C\C/C=C\CCCC(=O)OC[C@H](COP(=O)(O)OC[C@@H](O)CO)OC(=O)CCCCCCCCCCC(C)C. The summed E-state index contributed by atoms with van der Waals surface area (Å²) < 4.78 is 32.5. The van der Waals surface area contributed by atoms with E-state index >= 15 is 0 Å². The summed E-state index contributed by atoms with van der Waals surface area (Å²) in [6, 6.07) is 0. The minimum Gasteiger partial charge on any atom is -0.462 e. The molecule has 0 bridgehead atoms. The average molecular weight is 759 g/mol. The third kappa shape index (κ3) is 34.9. The molecule has 302 valence electrons. The molecule has 0 amide bonds. The molecule has 0 rings (SSSR count). The fourth-order valence-corrected chi connectivity index (χ4v) is 5.69. The van der Waals surface area contributed by atoms with Crippen LogP contribution in [0.2, 0.25) is 0 Å². The van der Waals surface area contributed by atoms with Gasteiger partial charge in [0.05, 0.1) is 25.9 Å². The minimum absolute atomic E-state index is 0.133. The van der Waals surface area contributed by atoms with Crippen LogP contribution in [0.1, 0.15) is 143 Å². The molecule has 0 aliphatic carbocycles. The van der Waals surface area contributed by atoms with Crippen LogP contribution in [0.5, 0.6) is 0 Å². The Bertz CT molecular complexity index is 1040. The van der Waals surface area contributed by atoms with Crippen LogP contribution in [-0.4, -0.2) is 76.9 Å². The second kappa shape index (κ2) is 34.6. The van der Waals surface area contributed by atoms with Crippen molar-refractivity contribution in [3.8, 4) is 0 Å². The Balaban J connectivity index is 4.52. The van der Waals surface area contributed by atoms with E-state index < -0.39 is 57.9 Å². The van der Waals surface area contributed by atoms with E-state index in [2.05, 4.69) is 31.4 Å². The lowest BCUT2D eigenvalue weighted by molar-refractivity contribution is -0.161. The summed E-state index contributed by atoms with van der Waals surface area (Å²) in [7, 11) is -4.64. The van der Waals surface area contributed by atoms with Crippen LogP contribution in [-0.2, 0) is 32.7 Å². The van der Waals surface area contributed by atoms with Crippen molar-refractivity contribution < 1.29 is 52.9 Å². The average Bonchev–Trinajstić information content (AvgIpc) is 3.11. The number of ether oxygens (including phenoxy) is 2. The van der Waals surface area contributed by atoms with Gasteiger partial charge < -0.3 is 29.7 Å². The maximum absolute atomic E-state index is 12.5. The highest BCUT2D eigenvalue weighted by atomic mass is 31.2.